The first-order valence-corrected chi connectivity index (χ1v) is 10.8. The standard InChI is InChI=1S/C28H30N2/c1-23(2)18-19-30-27(25-14-8-4-9-15-25)21-29(20-24-12-6-3-7-13-24)22-28(30)26-16-10-5-11-17-26/h3-17,21-23H,18-20H2,1-2H3. The van der Waals surface area contributed by atoms with Gasteiger partial charge < -0.3 is 9.80 Å². The molecule has 0 fully saturated rings. The van der Waals surface area contributed by atoms with Crippen LogP contribution in [0.5, 0.6) is 0 Å². The fourth-order valence-electron chi connectivity index (χ4n) is 3.81. The highest BCUT2D eigenvalue weighted by atomic mass is 15.2. The van der Waals surface area contributed by atoms with E-state index in [-0.39, 0.29) is 0 Å². The predicted molar refractivity (Wildman–Crippen MR) is 127 cm³/mol. The van der Waals surface area contributed by atoms with Crippen molar-refractivity contribution in [2.45, 2.75) is 26.8 Å². The van der Waals surface area contributed by atoms with Crippen molar-refractivity contribution >= 4 is 11.4 Å². The van der Waals surface area contributed by atoms with Crippen LogP contribution in [0.15, 0.2) is 103 Å². The molecule has 0 atom stereocenters. The SMILES string of the molecule is CC(C)CCN1C(c2ccccc2)=CN(Cc2ccccc2)C=C1c1ccccc1. The van der Waals surface area contributed by atoms with Crippen molar-refractivity contribution in [3.8, 4) is 0 Å². The van der Waals surface area contributed by atoms with Gasteiger partial charge in [0.25, 0.3) is 0 Å². The predicted octanol–water partition coefficient (Wildman–Crippen LogP) is 6.85. The largest absolute Gasteiger partial charge is 0.346 e. The molecule has 0 aliphatic carbocycles. The second-order valence-corrected chi connectivity index (χ2v) is 8.25. The summed E-state index contributed by atoms with van der Waals surface area (Å²) in [4.78, 5) is 4.82. The highest BCUT2D eigenvalue weighted by Gasteiger charge is 2.23. The molecule has 0 amide bonds. The van der Waals surface area contributed by atoms with Crippen molar-refractivity contribution in [1.82, 2.24) is 9.80 Å². The molecule has 4 rings (SSSR count). The molecular weight excluding hydrogens is 364 g/mol. The van der Waals surface area contributed by atoms with Gasteiger partial charge >= 0.3 is 0 Å². The smallest absolute Gasteiger partial charge is 0.0649 e. The van der Waals surface area contributed by atoms with Gasteiger partial charge in [-0.05, 0) is 29.0 Å². The lowest BCUT2D eigenvalue weighted by molar-refractivity contribution is 0.422. The summed E-state index contributed by atoms with van der Waals surface area (Å²) in [5, 5.41) is 0. The van der Waals surface area contributed by atoms with E-state index >= 15 is 0 Å². The van der Waals surface area contributed by atoms with E-state index in [2.05, 4.69) is 127 Å². The Morgan fingerprint density at radius 1 is 0.633 bits per heavy atom. The second kappa shape index (κ2) is 9.49. The van der Waals surface area contributed by atoms with Gasteiger partial charge in [-0.15, -0.1) is 0 Å². The Hall–Kier alpha value is -3.26. The van der Waals surface area contributed by atoms with Gasteiger partial charge in [0.15, 0.2) is 0 Å². The molecule has 0 aromatic heterocycles. The molecule has 1 heterocycles. The minimum absolute atomic E-state index is 0.654. The first kappa shape index (κ1) is 20.0. The molecule has 0 spiro atoms. The molecule has 1 aliphatic heterocycles. The highest BCUT2D eigenvalue weighted by molar-refractivity contribution is 5.79. The van der Waals surface area contributed by atoms with Crippen LogP contribution in [0.3, 0.4) is 0 Å². The summed E-state index contributed by atoms with van der Waals surface area (Å²) < 4.78 is 0. The van der Waals surface area contributed by atoms with E-state index in [9.17, 15) is 0 Å². The quantitative estimate of drug-likeness (QED) is 0.432. The van der Waals surface area contributed by atoms with Crippen LogP contribution in [-0.4, -0.2) is 16.3 Å². The normalized spacial score (nSPS) is 14.0. The van der Waals surface area contributed by atoms with Crippen molar-refractivity contribution in [1.29, 1.82) is 0 Å². The van der Waals surface area contributed by atoms with E-state index in [4.69, 9.17) is 0 Å². The number of hydrogen-bond acceptors (Lipinski definition) is 2. The summed E-state index contributed by atoms with van der Waals surface area (Å²) in [6, 6.07) is 32.2. The molecule has 0 unspecified atom stereocenters. The van der Waals surface area contributed by atoms with Gasteiger partial charge in [0, 0.05) is 25.5 Å². The Labute approximate surface area is 180 Å². The maximum atomic E-state index is 2.49. The Bertz CT molecular complexity index is 931. The summed E-state index contributed by atoms with van der Waals surface area (Å²) in [6.07, 6.45) is 5.75. The Morgan fingerprint density at radius 3 is 1.57 bits per heavy atom. The fraction of sp³-hybridized carbons (Fsp3) is 0.214. The third kappa shape index (κ3) is 4.83. The van der Waals surface area contributed by atoms with Crippen LogP contribution in [-0.2, 0) is 6.54 Å². The van der Waals surface area contributed by atoms with E-state index in [1.807, 2.05) is 0 Å². The lowest BCUT2D eigenvalue weighted by atomic mass is 10.0. The third-order valence-corrected chi connectivity index (χ3v) is 5.43. The summed E-state index contributed by atoms with van der Waals surface area (Å²) in [5.74, 6) is 0.654. The molecule has 152 valence electrons. The zero-order valence-corrected chi connectivity index (χ0v) is 17.9. The molecular formula is C28H30N2. The van der Waals surface area contributed by atoms with Crippen molar-refractivity contribution < 1.29 is 0 Å². The van der Waals surface area contributed by atoms with E-state index in [1.165, 1.54) is 28.1 Å². The first-order valence-electron chi connectivity index (χ1n) is 10.8. The second-order valence-electron chi connectivity index (χ2n) is 8.25. The van der Waals surface area contributed by atoms with Crippen LogP contribution < -0.4 is 0 Å². The fourth-order valence-corrected chi connectivity index (χ4v) is 3.81. The summed E-state index contributed by atoms with van der Waals surface area (Å²) >= 11 is 0. The van der Waals surface area contributed by atoms with Crippen molar-refractivity contribution in [2.75, 3.05) is 6.54 Å². The minimum atomic E-state index is 0.654. The lowest BCUT2D eigenvalue weighted by Crippen LogP contribution is -2.30. The van der Waals surface area contributed by atoms with E-state index in [0.29, 0.717) is 5.92 Å². The number of nitrogens with zero attached hydrogens (tertiary/aromatic N) is 2. The van der Waals surface area contributed by atoms with E-state index < -0.39 is 0 Å². The van der Waals surface area contributed by atoms with Gasteiger partial charge in [0.05, 0.1) is 11.4 Å². The average Bonchev–Trinajstić information content (AvgIpc) is 2.79. The zero-order valence-electron chi connectivity index (χ0n) is 17.9. The Balaban J connectivity index is 1.77. The first-order chi connectivity index (χ1) is 14.7. The molecule has 1 aliphatic rings. The van der Waals surface area contributed by atoms with Gasteiger partial charge in [-0.1, -0.05) is 105 Å². The highest BCUT2D eigenvalue weighted by Crippen LogP contribution is 2.34. The monoisotopic (exact) mass is 394 g/mol. The van der Waals surface area contributed by atoms with Crippen LogP contribution in [0, 0.1) is 5.92 Å². The van der Waals surface area contributed by atoms with Gasteiger partial charge in [0.1, 0.15) is 0 Å². The molecule has 0 saturated carbocycles. The maximum absolute atomic E-state index is 2.49. The van der Waals surface area contributed by atoms with Gasteiger partial charge in [0.2, 0.25) is 0 Å². The lowest BCUT2D eigenvalue weighted by Gasteiger charge is -2.37. The molecule has 30 heavy (non-hydrogen) atoms. The van der Waals surface area contributed by atoms with Gasteiger partial charge in [-0.2, -0.15) is 0 Å². The molecule has 2 heteroatoms. The number of rotatable bonds is 7. The average molecular weight is 395 g/mol. The summed E-state index contributed by atoms with van der Waals surface area (Å²) in [7, 11) is 0. The topological polar surface area (TPSA) is 6.48 Å². The molecule has 0 bridgehead atoms. The van der Waals surface area contributed by atoms with E-state index in [0.717, 1.165) is 19.5 Å². The molecule has 0 saturated heterocycles. The minimum Gasteiger partial charge on any atom is -0.346 e. The van der Waals surface area contributed by atoms with Gasteiger partial charge in [-0.3, -0.25) is 0 Å². The maximum Gasteiger partial charge on any atom is 0.0649 e. The zero-order chi connectivity index (χ0) is 20.8. The third-order valence-electron chi connectivity index (χ3n) is 5.43. The number of benzene rings is 3. The molecule has 0 radical (unpaired) electrons. The molecule has 2 nitrogen and oxygen atoms in total. The molecule has 3 aromatic carbocycles. The Kier molecular flexibility index (Phi) is 6.34. The number of hydrogen-bond donors (Lipinski definition) is 0. The van der Waals surface area contributed by atoms with Crippen LogP contribution >= 0.6 is 0 Å². The van der Waals surface area contributed by atoms with Crippen LogP contribution in [0.25, 0.3) is 11.4 Å². The Morgan fingerprint density at radius 2 is 1.10 bits per heavy atom. The van der Waals surface area contributed by atoms with Crippen molar-refractivity contribution in [3.63, 3.8) is 0 Å². The molecule has 3 aromatic rings. The van der Waals surface area contributed by atoms with Crippen LogP contribution in [0.4, 0.5) is 0 Å². The molecule has 0 N–H and O–H groups in total. The van der Waals surface area contributed by atoms with Crippen LogP contribution in [0.2, 0.25) is 0 Å². The van der Waals surface area contributed by atoms with Crippen molar-refractivity contribution in [3.05, 3.63) is 120 Å². The van der Waals surface area contributed by atoms with Crippen molar-refractivity contribution in [2.24, 2.45) is 5.92 Å². The van der Waals surface area contributed by atoms with E-state index in [1.54, 1.807) is 0 Å². The summed E-state index contributed by atoms with van der Waals surface area (Å²) in [5.41, 5.74) is 6.32. The van der Waals surface area contributed by atoms with Gasteiger partial charge in [-0.25, -0.2) is 0 Å². The summed E-state index contributed by atoms with van der Waals surface area (Å²) in [6.45, 7) is 6.44. The van der Waals surface area contributed by atoms with Crippen LogP contribution in [0.1, 0.15) is 37.0 Å².